The summed E-state index contributed by atoms with van der Waals surface area (Å²) in [6, 6.07) is 15.7. The Labute approximate surface area is 209 Å². The molecule has 0 bridgehead atoms. The van der Waals surface area contributed by atoms with Gasteiger partial charge in [0.1, 0.15) is 0 Å². The third-order valence-electron chi connectivity index (χ3n) is 6.64. The molecule has 0 radical (unpaired) electrons. The molecule has 4 nitrogen and oxygen atoms in total. The SMILES string of the molecule is CN1CCC(C(=O)c2ccc(Br)cc2)CC1.CN1CCC(C(O)c2ccc(Br)cc2)CC1. The largest absolute Gasteiger partial charge is 0.388 e. The van der Waals surface area contributed by atoms with Crippen LogP contribution in [0.2, 0.25) is 0 Å². The van der Waals surface area contributed by atoms with Crippen molar-refractivity contribution in [1.82, 2.24) is 9.80 Å². The van der Waals surface area contributed by atoms with Crippen molar-refractivity contribution in [3.8, 4) is 0 Å². The van der Waals surface area contributed by atoms with Crippen LogP contribution in [0.15, 0.2) is 57.5 Å². The van der Waals surface area contributed by atoms with E-state index in [0.717, 1.165) is 71.9 Å². The van der Waals surface area contributed by atoms with Crippen LogP contribution >= 0.6 is 31.9 Å². The highest BCUT2D eigenvalue weighted by molar-refractivity contribution is 9.10. The van der Waals surface area contributed by atoms with Gasteiger partial charge in [0.25, 0.3) is 0 Å². The number of Topliss-reactive ketones (excluding diaryl/α,β-unsaturated/α-hetero) is 1. The second kappa shape index (κ2) is 12.4. The molecular weight excluding hydrogens is 532 g/mol. The van der Waals surface area contributed by atoms with Gasteiger partial charge in [-0.2, -0.15) is 0 Å². The summed E-state index contributed by atoms with van der Waals surface area (Å²) in [5.41, 5.74) is 1.88. The number of aliphatic hydroxyl groups is 1. The summed E-state index contributed by atoms with van der Waals surface area (Å²) in [6.45, 7) is 4.26. The summed E-state index contributed by atoms with van der Waals surface area (Å²) in [4.78, 5) is 16.8. The molecule has 0 saturated carbocycles. The van der Waals surface area contributed by atoms with E-state index < -0.39 is 0 Å². The van der Waals surface area contributed by atoms with Crippen LogP contribution in [-0.4, -0.2) is 61.0 Å². The predicted octanol–water partition coefficient (Wildman–Crippen LogP) is 5.80. The third-order valence-corrected chi connectivity index (χ3v) is 7.70. The molecule has 0 amide bonds. The van der Waals surface area contributed by atoms with Crippen LogP contribution in [0.4, 0.5) is 0 Å². The summed E-state index contributed by atoms with van der Waals surface area (Å²) >= 11 is 6.79. The summed E-state index contributed by atoms with van der Waals surface area (Å²) in [7, 11) is 4.25. The number of aliphatic hydroxyl groups excluding tert-OH is 1. The number of rotatable bonds is 4. The summed E-state index contributed by atoms with van der Waals surface area (Å²) < 4.78 is 2.08. The number of ketones is 1. The van der Waals surface area contributed by atoms with E-state index in [1.165, 1.54) is 0 Å². The maximum absolute atomic E-state index is 12.2. The van der Waals surface area contributed by atoms with E-state index in [-0.39, 0.29) is 12.0 Å². The Balaban J connectivity index is 0.000000181. The Kier molecular flexibility index (Phi) is 9.93. The minimum absolute atomic E-state index is 0.220. The molecule has 1 N–H and O–H groups in total. The van der Waals surface area contributed by atoms with Crippen molar-refractivity contribution < 1.29 is 9.90 Å². The zero-order valence-corrected chi connectivity index (χ0v) is 22.2. The van der Waals surface area contributed by atoms with Crippen molar-refractivity contribution >= 4 is 37.6 Å². The number of piperidine rings is 2. The maximum Gasteiger partial charge on any atom is 0.166 e. The maximum atomic E-state index is 12.2. The molecular formula is C26H34Br2N2O2. The van der Waals surface area contributed by atoms with Gasteiger partial charge in [0, 0.05) is 20.4 Å². The van der Waals surface area contributed by atoms with Gasteiger partial charge in [0.05, 0.1) is 6.10 Å². The van der Waals surface area contributed by atoms with Gasteiger partial charge in [-0.15, -0.1) is 0 Å². The van der Waals surface area contributed by atoms with Crippen molar-refractivity contribution in [1.29, 1.82) is 0 Å². The molecule has 174 valence electrons. The third kappa shape index (κ3) is 7.49. The molecule has 0 aromatic heterocycles. The Bertz CT molecular complexity index is 841. The summed E-state index contributed by atoms with van der Waals surface area (Å²) in [5.74, 6) is 0.940. The van der Waals surface area contributed by atoms with E-state index in [9.17, 15) is 9.90 Å². The zero-order chi connectivity index (χ0) is 23.1. The molecule has 0 aliphatic carbocycles. The Morgan fingerprint density at radius 2 is 1.25 bits per heavy atom. The van der Waals surface area contributed by atoms with E-state index in [1.807, 2.05) is 48.5 Å². The fourth-order valence-electron chi connectivity index (χ4n) is 4.40. The second-order valence-electron chi connectivity index (χ2n) is 9.09. The average Bonchev–Trinajstić information content (AvgIpc) is 2.81. The molecule has 0 spiro atoms. The lowest BCUT2D eigenvalue weighted by molar-refractivity contribution is 0.0657. The Morgan fingerprint density at radius 1 is 0.812 bits per heavy atom. The summed E-state index contributed by atoms with van der Waals surface area (Å²) in [6.07, 6.45) is 3.86. The van der Waals surface area contributed by atoms with Crippen LogP contribution < -0.4 is 0 Å². The first-order valence-corrected chi connectivity index (χ1v) is 13.0. The van der Waals surface area contributed by atoms with E-state index in [0.29, 0.717) is 11.7 Å². The van der Waals surface area contributed by atoms with Crippen LogP contribution in [0.25, 0.3) is 0 Å². The molecule has 2 aliphatic rings. The van der Waals surface area contributed by atoms with Crippen LogP contribution in [0.1, 0.15) is 47.7 Å². The molecule has 1 unspecified atom stereocenters. The number of carbonyl (C=O) groups is 1. The zero-order valence-electron chi connectivity index (χ0n) is 19.0. The molecule has 2 saturated heterocycles. The van der Waals surface area contributed by atoms with Gasteiger partial charge in [-0.25, -0.2) is 0 Å². The van der Waals surface area contributed by atoms with Gasteiger partial charge in [0.2, 0.25) is 0 Å². The molecule has 2 aromatic carbocycles. The first-order chi connectivity index (χ1) is 15.3. The fraction of sp³-hybridized carbons (Fsp3) is 0.500. The molecule has 1 atom stereocenters. The van der Waals surface area contributed by atoms with Gasteiger partial charge in [-0.05, 0) is 102 Å². The van der Waals surface area contributed by atoms with E-state index in [2.05, 4.69) is 55.8 Å². The molecule has 2 aromatic rings. The fourth-order valence-corrected chi connectivity index (χ4v) is 4.93. The normalized spacial score (nSPS) is 19.8. The number of hydrogen-bond donors (Lipinski definition) is 1. The van der Waals surface area contributed by atoms with Gasteiger partial charge in [-0.1, -0.05) is 56.1 Å². The van der Waals surface area contributed by atoms with Crippen LogP contribution in [-0.2, 0) is 0 Å². The molecule has 4 rings (SSSR count). The molecule has 32 heavy (non-hydrogen) atoms. The van der Waals surface area contributed by atoms with Crippen LogP contribution in [0.3, 0.4) is 0 Å². The Hall–Kier alpha value is -1.05. The first kappa shape index (κ1) is 25.6. The first-order valence-electron chi connectivity index (χ1n) is 11.4. The smallest absolute Gasteiger partial charge is 0.166 e. The standard InChI is InChI=1S/C13H18BrNO.C13H16BrNO/c2*1-15-8-6-11(7-9-15)13(16)10-2-4-12(14)5-3-10/h2-5,11,13,16H,6-9H2,1H3;2-5,11H,6-9H2,1H3. The molecule has 2 aliphatic heterocycles. The highest BCUT2D eigenvalue weighted by Crippen LogP contribution is 2.30. The monoisotopic (exact) mass is 564 g/mol. The van der Waals surface area contributed by atoms with Crippen molar-refractivity contribution in [2.24, 2.45) is 11.8 Å². The van der Waals surface area contributed by atoms with E-state index >= 15 is 0 Å². The van der Waals surface area contributed by atoms with Gasteiger partial charge >= 0.3 is 0 Å². The lowest BCUT2D eigenvalue weighted by Gasteiger charge is -2.32. The number of likely N-dealkylation sites (tertiary alicyclic amines) is 2. The van der Waals surface area contributed by atoms with E-state index in [1.54, 1.807) is 0 Å². The lowest BCUT2D eigenvalue weighted by Crippen LogP contribution is -2.33. The molecule has 2 heterocycles. The molecule has 6 heteroatoms. The second-order valence-corrected chi connectivity index (χ2v) is 10.9. The minimum atomic E-state index is -0.304. The van der Waals surface area contributed by atoms with Gasteiger partial charge in [-0.3, -0.25) is 4.79 Å². The number of nitrogens with zero attached hydrogens (tertiary/aromatic N) is 2. The van der Waals surface area contributed by atoms with Gasteiger partial charge in [0.15, 0.2) is 5.78 Å². The Morgan fingerprint density at radius 3 is 1.75 bits per heavy atom. The van der Waals surface area contributed by atoms with Gasteiger partial charge < -0.3 is 14.9 Å². The van der Waals surface area contributed by atoms with E-state index in [4.69, 9.17) is 0 Å². The topological polar surface area (TPSA) is 43.8 Å². The number of carbonyl (C=O) groups excluding carboxylic acids is 1. The molecule has 2 fully saturated rings. The highest BCUT2D eigenvalue weighted by Gasteiger charge is 2.25. The van der Waals surface area contributed by atoms with Crippen molar-refractivity contribution in [2.75, 3.05) is 40.3 Å². The number of hydrogen-bond acceptors (Lipinski definition) is 4. The highest BCUT2D eigenvalue weighted by atomic mass is 79.9. The van der Waals surface area contributed by atoms with Crippen molar-refractivity contribution in [3.63, 3.8) is 0 Å². The number of halogens is 2. The average molecular weight is 566 g/mol. The lowest BCUT2D eigenvalue weighted by atomic mass is 9.88. The quantitative estimate of drug-likeness (QED) is 0.476. The summed E-state index contributed by atoms with van der Waals surface area (Å²) in [5, 5.41) is 10.3. The number of benzene rings is 2. The minimum Gasteiger partial charge on any atom is -0.388 e. The predicted molar refractivity (Wildman–Crippen MR) is 138 cm³/mol. The van der Waals surface area contributed by atoms with Crippen molar-refractivity contribution in [2.45, 2.75) is 31.8 Å². The van der Waals surface area contributed by atoms with Crippen LogP contribution in [0.5, 0.6) is 0 Å². The van der Waals surface area contributed by atoms with Crippen molar-refractivity contribution in [3.05, 3.63) is 68.6 Å². The van der Waals surface area contributed by atoms with Crippen LogP contribution in [0, 0.1) is 11.8 Å².